The van der Waals surface area contributed by atoms with Crippen molar-refractivity contribution in [2.24, 2.45) is 5.92 Å². The molecule has 0 fully saturated rings. The number of ether oxygens (including phenoxy) is 1. The number of carboxylic acids is 2. The van der Waals surface area contributed by atoms with Crippen molar-refractivity contribution in [2.45, 2.75) is 82.8 Å². The van der Waals surface area contributed by atoms with E-state index in [1.165, 1.54) is 18.2 Å². The quantitative estimate of drug-likeness (QED) is 0.122. The van der Waals surface area contributed by atoms with Crippen LogP contribution in [0.25, 0.3) is 0 Å². The van der Waals surface area contributed by atoms with Crippen molar-refractivity contribution in [1.29, 1.82) is 0 Å². The van der Waals surface area contributed by atoms with Crippen molar-refractivity contribution in [3.05, 3.63) is 42.0 Å². The lowest BCUT2D eigenvalue weighted by Crippen LogP contribution is -2.56. The SMILES string of the molecule is CCOC(=O)/C=C/[C@H](CCC(=O)O)NC(=O)[C@@H](NC(=O)[C@H](CCC(=O)O)NS(=O)(=O)c1ccc(C)cc1)C(C)CC. The molecular weight excluding hydrogens is 558 g/mol. The summed E-state index contributed by atoms with van der Waals surface area (Å²) < 4.78 is 32.9. The van der Waals surface area contributed by atoms with E-state index in [9.17, 15) is 32.4 Å². The Morgan fingerprint density at radius 2 is 1.51 bits per heavy atom. The largest absolute Gasteiger partial charge is 0.481 e. The van der Waals surface area contributed by atoms with Crippen LogP contribution < -0.4 is 15.4 Å². The summed E-state index contributed by atoms with van der Waals surface area (Å²) >= 11 is 0. The summed E-state index contributed by atoms with van der Waals surface area (Å²) in [6.07, 6.45) is 1.49. The van der Waals surface area contributed by atoms with Crippen molar-refractivity contribution < 1.29 is 47.3 Å². The Bertz CT molecular complexity index is 1200. The third-order valence-electron chi connectivity index (χ3n) is 6.13. The van der Waals surface area contributed by atoms with Crippen LogP contribution >= 0.6 is 0 Å². The molecule has 41 heavy (non-hydrogen) atoms. The Morgan fingerprint density at radius 1 is 0.927 bits per heavy atom. The number of carboxylic acid groups (broad SMARTS) is 2. The number of rotatable bonds is 18. The molecule has 0 spiro atoms. The summed E-state index contributed by atoms with van der Waals surface area (Å²) in [5.74, 6) is -5.12. The number of aliphatic carboxylic acids is 2. The Hall–Kier alpha value is -3.78. The van der Waals surface area contributed by atoms with Gasteiger partial charge in [0.15, 0.2) is 0 Å². The molecule has 0 bridgehead atoms. The summed E-state index contributed by atoms with van der Waals surface area (Å²) in [6, 6.07) is 2.24. The van der Waals surface area contributed by atoms with Gasteiger partial charge in [-0.25, -0.2) is 13.2 Å². The summed E-state index contributed by atoms with van der Waals surface area (Å²) in [7, 11) is -4.22. The van der Waals surface area contributed by atoms with E-state index in [0.29, 0.717) is 6.42 Å². The third-order valence-corrected chi connectivity index (χ3v) is 7.62. The number of carbonyl (C=O) groups excluding carboxylic acids is 3. The monoisotopic (exact) mass is 597 g/mol. The Balaban J connectivity index is 3.21. The molecule has 1 aromatic carbocycles. The molecule has 0 heterocycles. The van der Waals surface area contributed by atoms with Gasteiger partial charge in [-0.05, 0) is 44.7 Å². The van der Waals surface area contributed by atoms with Crippen molar-refractivity contribution in [1.82, 2.24) is 15.4 Å². The fraction of sp³-hybridized carbons (Fsp3) is 0.519. The van der Waals surface area contributed by atoms with Crippen LogP contribution in [0, 0.1) is 12.8 Å². The molecule has 0 aliphatic heterocycles. The van der Waals surface area contributed by atoms with Crippen molar-refractivity contribution >= 4 is 39.7 Å². The van der Waals surface area contributed by atoms with Crippen LogP contribution in [0.1, 0.15) is 58.4 Å². The first kappa shape index (κ1) is 35.2. The fourth-order valence-electron chi connectivity index (χ4n) is 3.59. The van der Waals surface area contributed by atoms with Gasteiger partial charge in [0, 0.05) is 25.0 Å². The zero-order chi connectivity index (χ0) is 31.2. The van der Waals surface area contributed by atoms with E-state index in [1.807, 2.05) is 0 Å². The molecule has 0 aromatic heterocycles. The Labute approximate surface area is 239 Å². The molecule has 1 unspecified atom stereocenters. The molecule has 13 nitrogen and oxygen atoms in total. The number of nitrogens with one attached hydrogen (secondary N) is 3. The molecule has 1 aromatic rings. The lowest BCUT2D eigenvalue weighted by molar-refractivity contribution is -0.138. The highest BCUT2D eigenvalue weighted by atomic mass is 32.2. The molecule has 2 amide bonds. The van der Waals surface area contributed by atoms with Gasteiger partial charge < -0.3 is 25.6 Å². The second-order valence-corrected chi connectivity index (χ2v) is 11.2. The minimum atomic E-state index is -4.22. The maximum absolute atomic E-state index is 13.3. The number of amides is 2. The normalized spacial score (nSPS) is 14.4. The predicted octanol–water partition coefficient (Wildman–Crippen LogP) is 1.51. The number of carbonyl (C=O) groups is 5. The third kappa shape index (κ3) is 13.0. The van der Waals surface area contributed by atoms with E-state index in [0.717, 1.165) is 11.6 Å². The second-order valence-electron chi connectivity index (χ2n) is 9.45. The summed E-state index contributed by atoms with van der Waals surface area (Å²) in [5.41, 5.74) is 0.810. The molecule has 0 aliphatic carbocycles. The van der Waals surface area contributed by atoms with Gasteiger partial charge in [-0.3, -0.25) is 19.2 Å². The number of hydrogen-bond acceptors (Lipinski definition) is 8. The predicted molar refractivity (Wildman–Crippen MR) is 148 cm³/mol. The van der Waals surface area contributed by atoms with Crippen molar-refractivity contribution in [2.75, 3.05) is 6.61 Å². The van der Waals surface area contributed by atoms with Crippen molar-refractivity contribution in [3.8, 4) is 0 Å². The molecule has 0 saturated heterocycles. The highest BCUT2D eigenvalue weighted by Crippen LogP contribution is 2.14. The maximum atomic E-state index is 13.3. The lowest BCUT2D eigenvalue weighted by atomic mass is 9.97. The molecule has 1 rings (SSSR count). The summed E-state index contributed by atoms with van der Waals surface area (Å²) in [4.78, 5) is 60.5. The first-order valence-electron chi connectivity index (χ1n) is 13.2. The average Bonchev–Trinajstić information content (AvgIpc) is 2.90. The number of benzene rings is 1. The van der Waals surface area contributed by atoms with E-state index in [1.54, 1.807) is 39.8 Å². The van der Waals surface area contributed by atoms with Gasteiger partial charge >= 0.3 is 17.9 Å². The molecule has 0 saturated carbocycles. The molecule has 4 atom stereocenters. The van der Waals surface area contributed by atoms with Gasteiger partial charge in [0.1, 0.15) is 12.1 Å². The van der Waals surface area contributed by atoms with E-state index < -0.39 is 70.2 Å². The van der Waals surface area contributed by atoms with E-state index in [4.69, 9.17) is 14.9 Å². The van der Waals surface area contributed by atoms with Crippen LogP contribution in [-0.2, 0) is 38.7 Å². The number of esters is 1. The number of sulfonamides is 1. The lowest BCUT2D eigenvalue weighted by Gasteiger charge is -2.28. The standard InChI is InChI=1S/C27H39N3O10S/c1-5-18(4)25(27(37)28-19(9-14-22(31)32)10-16-24(35)40-6-2)29-26(36)21(13-15-23(33)34)30-41(38,39)20-11-7-17(3)8-12-20/h7-8,10-12,16,18-19,21,25,30H,5-6,9,13-15H2,1-4H3,(H,28,37)(H,29,36)(H,31,32)(H,33,34)/b16-10+/t18?,19-,21-,25-/m0/s1. The van der Waals surface area contributed by atoms with Crippen LogP contribution in [0.2, 0.25) is 0 Å². The van der Waals surface area contributed by atoms with Crippen LogP contribution in [0.3, 0.4) is 0 Å². The van der Waals surface area contributed by atoms with E-state index >= 15 is 0 Å². The van der Waals surface area contributed by atoms with Crippen LogP contribution in [0.15, 0.2) is 41.3 Å². The molecule has 5 N–H and O–H groups in total. The summed E-state index contributed by atoms with van der Waals surface area (Å²) in [5, 5.41) is 23.4. The van der Waals surface area contributed by atoms with Gasteiger partial charge in [-0.15, -0.1) is 0 Å². The Morgan fingerprint density at radius 3 is 2.05 bits per heavy atom. The molecule has 0 aliphatic rings. The fourth-order valence-corrected chi connectivity index (χ4v) is 4.82. The second kappa shape index (κ2) is 17.1. The maximum Gasteiger partial charge on any atom is 0.330 e. The minimum Gasteiger partial charge on any atom is -0.481 e. The zero-order valence-electron chi connectivity index (χ0n) is 23.6. The van der Waals surface area contributed by atoms with E-state index in [-0.39, 0.29) is 30.8 Å². The number of hydrogen-bond donors (Lipinski definition) is 5. The van der Waals surface area contributed by atoms with Gasteiger partial charge in [-0.2, -0.15) is 4.72 Å². The molecule has 0 radical (unpaired) electrons. The van der Waals surface area contributed by atoms with Gasteiger partial charge in [-0.1, -0.05) is 44.0 Å². The van der Waals surface area contributed by atoms with E-state index in [2.05, 4.69) is 15.4 Å². The van der Waals surface area contributed by atoms with Crippen LogP contribution in [0.4, 0.5) is 0 Å². The molecule has 14 heteroatoms. The first-order valence-corrected chi connectivity index (χ1v) is 14.7. The van der Waals surface area contributed by atoms with Crippen LogP contribution in [0.5, 0.6) is 0 Å². The molecular formula is C27H39N3O10S. The smallest absolute Gasteiger partial charge is 0.330 e. The molecule has 228 valence electrons. The first-order chi connectivity index (χ1) is 19.2. The van der Waals surface area contributed by atoms with Gasteiger partial charge in [0.25, 0.3) is 0 Å². The highest BCUT2D eigenvalue weighted by molar-refractivity contribution is 7.89. The Kier molecular flexibility index (Phi) is 14.7. The zero-order valence-corrected chi connectivity index (χ0v) is 24.4. The minimum absolute atomic E-state index is 0.0598. The topological polar surface area (TPSA) is 205 Å². The van der Waals surface area contributed by atoms with Crippen LogP contribution in [-0.4, -0.2) is 73.1 Å². The van der Waals surface area contributed by atoms with Crippen molar-refractivity contribution in [3.63, 3.8) is 0 Å². The average molecular weight is 598 g/mol. The van der Waals surface area contributed by atoms with Gasteiger partial charge in [0.2, 0.25) is 21.8 Å². The van der Waals surface area contributed by atoms with Gasteiger partial charge in [0.05, 0.1) is 11.5 Å². The number of aryl methyl sites for hydroxylation is 1. The highest BCUT2D eigenvalue weighted by Gasteiger charge is 2.32. The summed E-state index contributed by atoms with van der Waals surface area (Å²) in [6.45, 7) is 6.94.